The van der Waals surface area contributed by atoms with Gasteiger partial charge in [0, 0.05) is 87.2 Å². The van der Waals surface area contributed by atoms with Crippen LogP contribution in [0.5, 0.6) is 0 Å². The van der Waals surface area contributed by atoms with Crippen LogP contribution in [0.3, 0.4) is 0 Å². The topological polar surface area (TPSA) is 312 Å². The first-order chi connectivity index (χ1) is 47.3. The number of fused-ring (bicyclic) bond motifs is 8. The molecule has 25 nitrogen and oxygen atoms in total. The molecule has 0 aromatic rings. The largest absolute Gasteiger partial charge is 0.458 e. The lowest BCUT2D eigenvalue weighted by Crippen LogP contribution is -2.78. The van der Waals surface area contributed by atoms with Crippen molar-refractivity contribution < 1.29 is 121 Å². The lowest BCUT2D eigenvalue weighted by atomic mass is 9.40. The fraction of sp³-hybridized carbons (Fsp3) is 0.921. The van der Waals surface area contributed by atoms with Gasteiger partial charge in [0.25, 0.3) is 0 Å². The molecular formula is C76H118O25. The molecular weight excluding hydrogens is 1310 g/mol. The summed E-state index contributed by atoms with van der Waals surface area (Å²) in [6, 6.07) is 0. The van der Waals surface area contributed by atoms with Gasteiger partial charge in [-0.25, -0.2) is 9.59 Å². The van der Waals surface area contributed by atoms with E-state index in [0.29, 0.717) is 77.0 Å². The minimum Gasteiger partial charge on any atom is -0.458 e. The lowest BCUT2D eigenvalue weighted by Gasteiger charge is -2.71. The summed E-state index contributed by atoms with van der Waals surface area (Å²) >= 11 is 0. The predicted molar refractivity (Wildman–Crippen MR) is 356 cm³/mol. The molecule has 4 unspecified atom stereocenters. The molecule has 30 atom stereocenters. The van der Waals surface area contributed by atoms with E-state index < -0.39 is 141 Å². The van der Waals surface area contributed by atoms with Gasteiger partial charge < -0.3 is 111 Å². The highest BCUT2D eigenvalue weighted by Crippen LogP contribution is 2.75. The number of aliphatic hydroxyl groups excluding tert-OH is 2. The highest BCUT2D eigenvalue weighted by atomic mass is 16.8. The normalized spacial score (nSPS) is 52.8. The summed E-state index contributed by atoms with van der Waals surface area (Å²) in [5.41, 5.74) is -6.07. The quantitative estimate of drug-likeness (QED) is 0.0751. The van der Waals surface area contributed by atoms with Gasteiger partial charge >= 0.3 is 11.9 Å². The first kappa shape index (κ1) is 75.4. The summed E-state index contributed by atoms with van der Waals surface area (Å²) in [7, 11) is 3.29. The van der Waals surface area contributed by atoms with Crippen molar-refractivity contribution in [3.63, 3.8) is 0 Å². The van der Waals surface area contributed by atoms with E-state index in [1.165, 1.54) is 0 Å². The molecule has 14 fully saturated rings. The van der Waals surface area contributed by atoms with Gasteiger partial charge in [-0.3, -0.25) is 0 Å². The number of carbonyl (C=O) groups excluding carboxylic acids is 2. The Morgan fingerprint density at radius 1 is 0.525 bits per heavy atom. The second kappa shape index (κ2) is 26.1. The van der Waals surface area contributed by atoms with Crippen molar-refractivity contribution in [3.8, 4) is 0 Å². The number of esters is 2. The highest BCUT2D eigenvalue weighted by Gasteiger charge is 2.80. The van der Waals surface area contributed by atoms with Gasteiger partial charge in [-0.1, -0.05) is 20.8 Å². The first-order valence-electron chi connectivity index (χ1n) is 37.9. The third-order valence-corrected chi connectivity index (χ3v) is 28.6. The molecule has 0 amide bonds. The van der Waals surface area contributed by atoms with Crippen molar-refractivity contribution in [3.05, 3.63) is 23.3 Å². The van der Waals surface area contributed by atoms with Crippen molar-refractivity contribution in [1.29, 1.82) is 0 Å². The van der Waals surface area contributed by atoms with E-state index in [9.17, 15) is 40.2 Å². The molecule has 0 aromatic heterocycles. The van der Waals surface area contributed by atoms with Crippen LogP contribution in [-0.4, -0.2) is 234 Å². The molecule has 16 aliphatic rings. The second-order valence-corrected chi connectivity index (χ2v) is 35.6. The Morgan fingerprint density at radius 3 is 1.45 bits per heavy atom. The summed E-state index contributed by atoms with van der Waals surface area (Å²) < 4.78 is 105. The number of ether oxygens (including phenoxy) is 17. The molecule has 8 aliphatic carbocycles. The number of aliphatic hydroxyl groups is 6. The Bertz CT molecular complexity index is 3160. The molecule has 101 heavy (non-hydrogen) atoms. The van der Waals surface area contributed by atoms with Crippen LogP contribution < -0.4 is 0 Å². The molecule has 16 rings (SSSR count). The number of rotatable bonds is 10. The molecule has 572 valence electrons. The zero-order chi connectivity index (χ0) is 72.6. The smallest absolute Gasteiger partial charge is 0.331 e. The summed E-state index contributed by atoms with van der Waals surface area (Å²) in [6.45, 7) is 28.9. The van der Waals surface area contributed by atoms with Gasteiger partial charge in [0.15, 0.2) is 35.7 Å². The monoisotopic (exact) mass is 1430 g/mol. The van der Waals surface area contributed by atoms with Crippen LogP contribution in [0.4, 0.5) is 0 Å². The Labute approximate surface area is 595 Å². The fourth-order valence-electron chi connectivity index (χ4n) is 24.0. The van der Waals surface area contributed by atoms with Gasteiger partial charge in [-0.2, -0.15) is 0 Å². The molecule has 8 aliphatic heterocycles. The zero-order valence-corrected chi connectivity index (χ0v) is 62.4. The van der Waals surface area contributed by atoms with Crippen molar-refractivity contribution >= 4 is 11.9 Å². The van der Waals surface area contributed by atoms with Crippen molar-refractivity contribution in [1.82, 2.24) is 0 Å². The van der Waals surface area contributed by atoms with E-state index in [1.54, 1.807) is 47.1 Å². The van der Waals surface area contributed by atoms with E-state index in [4.69, 9.17) is 75.8 Å². The Hall–Kier alpha value is -2.42. The molecule has 8 saturated carbocycles. The zero-order valence-electron chi connectivity index (χ0n) is 62.4. The van der Waals surface area contributed by atoms with Gasteiger partial charge in [-0.05, 0) is 175 Å². The van der Waals surface area contributed by atoms with E-state index in [0.717, 1.165) is 24.2 Å². The fourth-order valence-corrected chi connectivity index (χ4v) is 24.0. The molecule has 6 saturated heterocycles. The van der Waals surface area contributed by atoms with E-state index in [1.807, 2.05) is 55.4 Å². The molecule has 0 aromatic carbocycles. The maximum absolute atomic E-state index is 13.2. The van der Waals surface area contributed by atoms with Crippen molar-refractivity contribution in [2.45, 2.75) is 324 Å². The van der Waals surface area contributed by atoms with Crippen LogP contribution >= 0.6 is 0 Å². The van der Waals surface area contributed by atoms with Gasteiger partial charge in [-0.15, -0.1) is 0 Å². The number of carbonyl (C=O) groups is 2. The molecule has 0 radical (unpaired) electrons. The number of hydrogen-bond donors (Lipinski definition) is 6. The lowest BCUT2D eigenvalue weighted by molar-refractivity contribution is -0.409. The van der Waals surface area contributed by atoms with E-state index in [2.05, 4.69) is 25.5 Å². The molecule has 8 heterocycles. The van der Waals surface area contributed by atoms with Crippen molar-refractivity contribution in [2.75, 3.05) is 54.0 Å². The predicted octanol–water partition coefficient (Wildman–Crippen LogP) is 6.72. The third-order valence-electron chi connectivity index (χ3n) is 28.6. The Morgan fingerprint density at radius 2 is 0.970 bits per heavy atom. The number of methoxy groups -OCH3 is 2. The first-order valence-corrected chi connectivity index (χ1v) is 37.9. The van der Waals surface area contributed by atoms with Crippen LogP contribution in [0.1, 0.15) is 187 Å². The minimum absolute atomic E-state index is 0.0271. The van der Waals surface area contributed by atoms with Crippen molar-refractivity contribution in [2.24, 2.45) is 63.1 Å². The van der Waals surface area contributed by atoms with Gasteiger partial charge in [0.1, 0.15) is 44.4 Å². The Balaban J connectivity index is 0.000000163. The van der Waals surface area contributed by atoms with Crippen LogP contribution in [0.2, 0.25) is 0 Å². The van der Waals surface area contributed by atoms with Crippen LogP contribution in [0, 0.1) is 63.1 Å². The molecule has 6 N–H and O–H groups in total. The summed E-state index contributed by atoms with van der Waals surface area (Å²) in [5, 5.41) is 74.9. The minimum atomic E-state index is -1.33. The van der Waals surface area contributed by atoms with E-state index in [-0.39, 0.29) is 112 Å². The maximum Gasteiger partial charge on any atom is 0.331 e. The maximum atomic E-state index is 13.2. The Kier molecular flexibility index (Phi) is 19.5. The number of hydrogen-bond acceptors (Lipinski definition) is 25. The van der Waals surface area contributed by atoms with Crippen LogP contribution in [0.15, 0.2) is 23.3 Å². The van der Waals surface area contributed by atoms with Gasteiger partial charge in [0.2, 0.25) is 0 Å². The number of cyclic esters (lactones) is 2. The third kappa shape index (κ3) is 12.0. The summed E-state index contributed by atoms with van der Waals surface area (Å²) in [6.07, 6.45) is 2.06. The molecule has 25 heteroatoms. The average Bonchev–Trinajstić information content (AvgIpc) is 1.65. The van der Waals surface area contributed by atoms with Crippen LogP contribution in [0.25, 0.3) is 0 Å². The highest BCUT2D eigenvalue weighted by molar-refractivity contribution is 5.86. The van der Waals surface area contributed by atoms with Crippen LogP contribution in [-0.2, 0) is 90.1 Å². The molecule has 2 spiro atoms. The van der Waals surface area contributed by atoms with E-state index >= 15 is 0 Å². The average molecular weight is 1430 g/mol. The SMILES string of the molecule is CCOC.COCO[C@@H]1C[C@]2(C)[C@@H](C3=CC(=O)OC3)CC[C@]2(O)C2CC[C@]3(O)C[C@@H](O[C@@H]4O[C@@H](C)[C@H](C)[C@H]5OC(C)(C)O[C@@H]45)C[C@H]4OC(C)(C)OC[C@]43C21.C[C@@H]1O[C@@H](O[C@H]2C[C@H]3OC(C)(C)OC[C@]34C3C(CC[C@]4(O)C2)[C@@]2(O)CC[C@H](C4=CC(=O)OC4)[C@@]2(C)C[C@H]3O)[C@@H]2OC(C)(C)O[C@@H]2[C@H]1O. The van der Waals surface area contributed by atoms with Gasteiger partial charge in [0.05, 0.1) is 101 Å². The molecule has 0 bridgehead atoms. The second-order valence-electron chi connectivity index (χ2n) is 35.6. The summed E-state index contributed by atoms with van der Waals surface area (Å²) in [4.78, 5) is 24.2. The summed E-state index contributed by atoms with van der Waals surface area (Å²) in [5.74, 6) is -5.48. The standard InChI is InChI=1S/C38H58O12.C35H52O12.C3H8O/c1-20-21(2)46-32(31-30(20)49-34(5,6)50-31)47-23-14-27-37(18-45-33(3,4)48-27)29-25(9-11-36(37,40)15-23)38(41)12-10-24(22-13-28(39)43-17-22)35(38,7)16-26(29)44-19-42-8;1-17-26(38)27-28(47-31(4,5)46-27)29(43-17)44-19-12-23-34(16-42-30(2,3)45-23)25-21(7-9-33(34,39)13-19)35(40)10-8-20(18-11-24(37)41-15-18)32(35,6)14-22(25)36;1-3-4-2/h13,20-21,23-27,29-32,40-41H,9-12,14-19H2,1-8H3;11,17,19-23,25-29,36,38-40H,7-10,12-16H2,1-6H3;3H2,1-2H3/t20-,21-,23-,24+,25?,26+,27+,29?,30+,31+,32-,35+,36-,37+,38-;17-,19-,20+,21?,22+,23+,25?,26-,27+,28+,29-,32+,33-,34+,35-;/m00./s1.